The van der Waals surface area contributed by atoms with Crippen LogP contribution in [0, 0.1) is 0 Å². The third-order valence-electron chi connectivity index (χ3n) is 3.25. The molecule has 2 aromatic heterocycles. The first-order chi connectivity index (χ1) is 10.2. The van der Waals surface area contributed by atoms with Gasteiger partial charge in [0.25, 0.3) is 0 Å². The van der Waals surface area contributed by atoms with Gasteiger partial charge < -0.3 is 0 Å². The van der Waals surface area contributed by atoms with Crippen LogP contribution in [0.2, 0.25) is 16.9 Å². The molecule has 0 fully saturated rings. The van der Waals surface area contributed by atoms with Crippen LogP contribution < -0.4 is 5.59 Å². The predicted octanol–water partition coefficient (Wildman–Crippen LogP) is 3.35. The van der Waals surface area contributed by atoms with Gasteiger partial charge in [-0.15, -0.1) is 0 Å². The van der Waals surface area contributed by atoms with E-state index in [1.54, 1.807) is 18.5 Å². The average Bonchev–Trinajstić information content (AvgIpc) is 2.95. The van der Waals surface area contributed by atoms with E-state index in [-0.39, 0.29) is 0 Å². The zero-order valence-corrected chi connectivity index (χ0v) is 12.9. The first kappa shape index (κ1) is 14.2. The molecule has 104 valence electrons. The quantitative estimate of drug-likeness (QED) is 0.694. The summed E-state index contributed by atoms with van der Waals surface area (Å²) in [6.07, 6.45) is 3.56. The lowest BCUT2D eigenvalue weighted by Crippen LogP contribution is -2.21. The Hall–Kier alpha value is -1.78. The minimum absolute atomic E-state index is 0.523. The maximum absolute atomic E-state index is 6.10. The van der Waals surface area contributed by atoms with Gasteiger partial charge in [0.15, 0.2) is 7.28 Å². The van der Waals surface area contributed by atoms with Crippen molar-refractivity contribution in [1.82, 2.24) is 14.8 Å². The topological polar surface area (TPSA) is 30.7 Å². The van der Waals surface area contributed by atoms with Crippen LogP contribution in [0.15, 0.2) is 48.8 Å². The summed E-state index contributed by atoms with van der Waals surface area (Å²) in [7, 11) is 0.869. The van der Waals surface area contributed by atoms with E-state index in [0.717, 1.165) is 29.8 Å². The number of hydrogen-bond acceptors (Lipinski definition) is 2. The Balaban J connectivity index is 2.10. The Morgan fingerprint density at radius 2 is 1.95 bits per heavy atom. The van der Waals surface area contributed by atoms with Crippen LogP contribution in [-0.2, 0) is 0 Å². The van der Waals surface area contributed by atoms with E-state index in [4.69, 9.17) is 23.2 Å². The molecule has 3 nitrogen and oxygen atoms in total. The molecule has 0 spiro atoms. The van der Waals surface area contributed by atoms with Crippen molar-refractivity contribution < 1.29 is 0 Å². The van der Waals surface area contributed by atoms with Crippen LogP contribution in [-0.4, -0.2) is 22.0 Å². The molecule has 21 heavy (non-hydrogen) atoms. The summed E-state index contributed by atoms with van der Waals surface area (Å²) in [6, 6.07) is 11.5. The maximum atomic E-state index is 6.10. The summed E-state index contributed by atoms with van der Waals surface area (Å²) in [6.45, 7) is 2.10. The maximum Gasteiger partial charge on any atom is 0.179 e. The third kappa shape index (κ3) is 2.82. The van der Waals surface area contributed by atoms with E-state index in [9.17, 15) is 0 Å². The SMILES string of the molecule is CBc1cc(-c2cccnc2)nn1-c1ccc(Cl)c(Cl)c1. The standard InChI is InChI=1S/C15H12BCl2N3/c1-16-15-8-14(10-3-2-6-19-9-10)20-21(15)11-4-5-12(17)13(18)7-11/h2-9,16H,1H3. The highest BCUT2D eigenvalue weighted by Gasteiger charge is 2.11. The van der Waals surface area contributed by atoms with Crippen LogP contribution in [0.3, 0.4) is 0 Å². The third-order valence-corrected chi connectivity index (χ3v) is 3.99. The molecule has 3 aromatic rings. The number of benzene rings is 1. The fraction of sp³-hybridized carbons (Fsp3) is 0.0667. The van der Waals surface area contributed by atoms with Crippen LogP contribution in [0.1, 0.15) is 0 Å². The van der Waals surface area contributed by atoms with Crippen molar-refractivity contribution in [2.75, 3.05) is 0 Å². The molecule has 0 aliphatic rings. The first-order valence-electron chi connectivity index (χ1n) is 6.64. The lowest BCUT2D eigenvalue weighted by Gasteiger charge is -2.06. The van der Waals surface area contributed by atoms with Gasteiger partial charge in [0.2, 0.25) is 0 Å². The minimum Gasteiger partial charge on any atom is -0.264 e. The van der Waals surface area contributed by atoms with Gasteiger partial charge in [0.1, 0.15) is 0 Å². The fourth-order valence-corrected chi connectivity index (χ4v) is 2.46. The van der Waals surface area contributed by atoms with Crippen molar-refractivity contribution >= 4 is 36.1 Å². The van der Waals surface area contributed by atoms with Crippen molar-refractivity contribution in [1.29, 1.82) is 0 Å². The van der Waals surface area contributed by atoms with Crippen molar-refractivity contribution in [2.24, 2.45) is 0 Å². The van der Waals surface area contributed by atoms with E-state index < -0.39 is 0 Å². The van der Waals surface area contributed by atoms with Gasteiger partial charge in [0, 0.05) is 23.6 Å². The van der Waals surface area contributed by atoms with Gasteiger partial charge in [-0.05, 0) is 36.4 Å². The van der Waals surface area contributed by atoms with Crippen LogP contribution in [0.25, 0.3) is 16.9 Å². The summed E-state index contributed by atoms with van der Waals surface area (Å²) < 4.78 is 1.89. The Labute approximate surface area is 133 Å². The molecular formula is C15H12BCl2N3. The van der Waals surface area contributed by atoms with E-state index in [2.05, 4.69) is 23.0 Å². The monoisotopic (exact) mass is 315 g/mol. The Morgan fingerprint density at radius 3 is 2.62 bits per heavy atom. The second-order valence-electron chi connectivity index (χ2n) is 4.63. The number of aromatic nitrogens is 3. The zero-order chi connectivity index (χ0) is 14.8. The Bertz CT molecular complexity index is 772. The van der Waals surface area contributed by atoms with Gasteiger partial charge in [0.05, 0.1) is 21.4 Å². The molecule has 0 atom stereocenters. The molecule has 0 bridgehead atoms. The smallest absolute Gasteiger partial charge is 0.179 e. The van der Waals surface area contributed by atoms with E-state index >= 15 is 0 Å². The fourth-order valence-electron chi connectivity index (χ4n) is 2.17. The molecule has 0 amide bonds. The molecule has 0 saturated heterocycles. The largest absolute Gasteiger partial charge is 0.264 e. The summed E-state index contributed by atoms with van der Waals surface area (Å²) in [5.74, 6) is 0. The molecule has 0 radical (unpaired) electrons. The molecule has 0 unspecified atom stereocenters. The number of pyridine rings is 1. The molecular weight excluding hydrogens is 304 g/mol. The highest BCUT2D eigenvalue weighted by molar-refractivity contribution is 6.51. The van der Waals surface area contributed by atoms with E-state index in [1.807, 2.05) is 28.9 Å². The zero-order valence-electron chi connectivity index (χ0n) is 11.4. The second-order valence-corrected chi connectivity index (χ2v) is 5.44. The van der Waals surface area contributed by atoms with Crippen molar-refractivity contribution in [2.45, 2.75) is 6.82 Å². The highest BCUT2D eigenvalue weighted by atomic mass is 35.5. The predicted molar refractivity (Wildman–Crippen MR) is 89.5 cm³/mol. The van der Waals surface area contributed by atoms with Crippen LogP contribution >= 0.6 is 23.2 Å². The number of hydrogen-bond donors (Lipinski definition) is 0. The highest BCUT2D eigenvalue weighted by Crippen LogP contribution is 2.24. The second kappa shape index (κ2) is 5.92. The summed E-state index contributed by atoms with van der Waals surface area (Å²) in [5.41, 5.74) is 3.89. The normalized spacial score (nSPS) is 10.6. The lowest BCUT2D eigenvalue weighted by molar-refractivity contribution is 0.906. The molecule has 0 saturated carbocycles. The number of halogens is 2. The molecule has 6 heteroatoms. The van der Waals surface area contributed by atoms with Gasteiger partial charge >= 0.3 is 0 Å². The molecule has 0 N–H and O–H groups in total. The molecule has 1 aromatic carbocycles. The van der Waals surface area contributed by atoms with Gasteiger partial charge in [-0.2, -0.15) is 5.10 Å². The van der Waals surface area contributed by atoms with Crippen molar-refractivity contribution in [3.63, 3.8) is 0 Å². The van der Waals surface area contributed by atoms with Gasteiger partial charge in [-0.1, -0.05) is 30.0 Å². The molecule has 0 aliphatic heterocycles. The van der Waals surface area contributed by atoms with Crippen molar-refractivity contribution in [3.8, 4) is 16.9 Å². The lowest BCUT2D eigenvalue weighted by atomic mass is 9.77. The molecule has 0 aliphatic carbocycles. The van der Waals surface area contributed by atoms with Gasteiger partial charge in [-0.25, -0.2) is 4.68 Å². The van der Waals surface area contributed by atoms with E-state index in [0.29, 0.717) is 10.0 Å². The Morgan fingerprint density at radius 1 is 1.10 bits per heavy atom. The van der Waals surface area contributed by atoms with Crippen molar-refractivity contribution in [3.05, 3.63) is 58.8 Å². The average molecular weight is 316 g/mol. The Kier molecular flexibility index (Phi) is 4.00. The minimum atomic E-state index is 0.523. The summed E-state index contributed by atoms with van der Waals surface area (Å²) in [4.78, 5) is 4.14. The molecule has 2 heterocycles. The summed E-state index contributed by atoms with van der Waals surface area (Å²) in [5, 5.41) is 5.73. The van der Waals surface area contributed by atoms with E-state index in [1.165, 1.54) is 0 Å². The molecule has 3 rings (SSSR count). The van der Waals surface area contributed by atoms with Crippen LogP contribution in [0.4, 0.5) is 0 Å². The summed E-state index contributed by atoms with van der Waals surface area (Å²) >= 11 is 12.1. The van der Waals surface area contributed by atoms with Gasteiger partial charge in [-0.3, -0.25) is 4.98 Å². The first-order valence-corrected chi connectivity index (χ1v) is 7.39. The van der Waals surface area contributed by atoms with Crippen LogP contribution in [0.5, 0.6) is 0 Å². The number of rotatable bonds is 3. The number of nitrogens with zero attached hydrogens (tertiary/aromatic N) is 3.